The van der Waals surface area contributed by atoms with Crippen LogP contribution in [0.3, 0.4) is 0 Å². The number of aromatic nitrogens is 1. The molecule has 1 aromatic rings. The molecule has 0 spiro atoms. The Balaban J connectivity index is 0.00000128. The molecule has 0 aromatic carbocycles. The second-order valence-corrected chi connectivity index (χ2v) is 5.53. The van der Waals surface area contributed by atoms with Gasteiger partial charge < -0.3 is 5.73 Å². The average molecular weight is 262 g/mol. The zero-order valence-corrected chi connectivity index (χ0v) is 11.5. The molecule has 1 aliphatic heterocycles. The molecule has 5 heteroatoms. The fraction of sp³-hybridized carbons (Fsp3) is 0.727. The van der Waals surface area contributed by atoms with Crippen LogP contribution in [0, 0.1) is 13.8 Å². The SMILES string of the molecule is Cc1nc(C)c(CN2CCCC2CN)s1.Cl. The average Bonchev–Trinajstić information content (AvgIpc) is 2.74. The summed E-state index contributed by atoms with van der Waals surface area (Å²) in [4.78, 5) is 8.37. The molecule has 1 fully saturated rings. The summed E-state index contributed by atoms with van der Waals surface area (Å²) in [6.45, 7) is 7.20. The van der Waals surface area contributed by atoms with Gasteiger partial charge in [-0.15, -0.1) is 23.7 Å². The monoisotopic (exact) mass is 261 g/mol. The maximum atomic E-state index is 5.77. The molecule has 16 heavy (non-hydrogen) atoms. The first-order valence-corrected chi connectivity index (χ1v) is 6.39. The van der Waals surface area contributed by atoms with E-state index >= 15 is 0 Å². The molecule has 1 saturated heterocycles. The van der Waals surface area contributed by atoms with Gasteiger partial charge in [-0.3, -0.25) is 4.90 Å². The first-order chi connectivity index (χ1) is 7.20. The van der Waals surface area contributed by atoms with Crippen molar-refractivity contribution in [1.29, 1.82) is 0 Å². The third kappa shape index (κ3) is 2.94. The minimum Gasteiger partial charge on any atom is -0.329 e. The first-order valence-electron chi connectivity index (χ1n) is 5.57. The Hall–Kier alpha value is -0.160. The van der Waals surface area contributed by atoms with E-state index in [9.17, 15) is 0 Å². The molecule has 1 atom stereocenters. The molecule has 0 amide bonds. The highest BCUT2D eigenvalue weighted by Crippen LogP contribution is 2.24. The second kappa shape index (κ2) is 5.96. The molecule has 0 bridgehead atoms. The van der Waals surface area contributed by atoms with Crippen molar-refractivity contribution >= 4 is 23.7 Å². The molecule has 2 heterocycles. The van der Waals surface area contributed by atoms with Gasteiger partial charge in [-0.1, -0.05) is 0 Å². The Morgan fingerprint density at radius 2 is 2.25 bits per heavy atom. The van der Waals surface area contributed by atoms with Crippen molar-refractivity contribution in [3.63, 3.8) is 0 Å². The minimum absolute atomic E-state index is 0. The van der Waals surface area contributed by atoms with Gasteiger partial charge >= 0.3 is 0 Å². The number of hydrogen-bond donors (Lipinski definition) is 1. The lowest BCUT2D eigenvalue weighted by molar-refractivity contribution is 0.252. The van der Waals surface area contributed by atoms with E-state index in [1.165, 1.54) is 35.0 Å². The number of aryl methyl sites for hydroxylation is 2. The molecular weight excluding hydrogens is 242 g/mol. The van der Waals surface area contributed by atoms with Crippen LogP contribution in [0.5, 0.6) is 0 Å². The summed E-state index contributed by atoms with van der Waals surface area (Å²) >= 11 is 1.82. The van der Waals surface area contributed by atoms with E-state index in [1.807, 2.05) is 11.3 Å². The largest absolute Gasteiger partial charge is 0.329 e. The van der Waals surface area contributed by atoms with Gasteiger partial charge in [-0.2, -0.15) is 0 Å². The van der Waals surface area contributed by atoms with Gasteiger partial charge in [-0.25, -0.2) is 4.98 Å². The molecule has 3 nitrogen and oxygen atoms in total. The molecule has 0 saturated carbocycles. The Kier molecular flexibility index (Phi) is 5.18. The summed E-state index contributed by atoms with van der Waals surface area (Å²) in [5.74, 6) is 0. The number of nitrogens with two attached hydrogens (primary N) is 1. The van der Waals surface area contributed by atoms with Crippen molar-refractivity contribution in [2.24, 2.45) is 5.73 Å². The summed E-state index contributed by atoms with van der Waals surface area (Å²) in [7, 11) is 0. The summed E-state index contributed by atoms with van der Waals surface area (Å²) in [5.41, 5.74) is 6.96. The highest BCUT2D eigenvalue weighted by Gasteiger charge is 2.24. The van der Waals surface area contributed by atoms with E-state index in [0.29, 0.717) is 6.04 Å². The van der Waals surface area contributed by atoms with Crippen LogP contribution in [0.25, 0.3) is 0 Å². The predicted octanol–water partition coefficient (Wildman–Crippen LogP) is 2.10. The molecule has 1 aromatic heterocycles. The molecule has 0 aliphatic carbocycles. The third-order valence-corrected chi connectivity index (χ3v) is 4.18. The fourth-order valence-corrected chi connectivity index (χ4v) is 3.24. The second-order valence-electron chi connectivity index (χ2n) is 4.24. The molecule has 92 valence electrons. The maximum Gasteiger partial charge on any atom is 0.0900 e. The van der Waals surface area contributed by atoms with Crippen molar-refractivity contribution in [3.8, 4) is 0 Å². The van der Waals surface area contributed by atoms with Crippen molar-refractivity contribution in [2.75, 3.05) is 13.1 Å². The number of halogens is 1. The summed E-state index contributed by atoms with van der Waals surface area (Å²) in [6, 6.07) is 0.590. The Morgan fingerprint density at radius 1 is 1.50 bits per heavy atom. The smallest absolute Gasteiger partial charge is 0.0900 e. The van der Waals surface area contributed by atoms with Gasteiger partial charge in [0.15, 0.2) is 0 Å². The molecule has 0 radical (unpaired) electrons. The van der Waals surface area contributed by atoms with E-state index in [4.69, 9.17) is 5.73 Å². The van der Waals surface area contributed by atoms with Crippen LogP contribution in [0.1, 0.15) is 28.4 Å². The number of rotatable bonds is 3. The van der Waals surface area contributed by atoms with E-state index in [-0.39, 0.29) is 12.4 Å². The number of thiazole rings is 1. The lowest BCUT2D eigenvalue weighted by atomic mass is 10.2. The number of hydrogen-bond acceptors (Lipinski definition) is 4. The van der Waals surface area contributed by atoms with Gasteiger partial charge in [0, 0.05) is 24.0 Å². The van der Waals surface area contributed by atoms with Crippen LogP contribution in [-0.4, -0.2) is 29.0 Å². The minimum atomic E-state index is 0. The molecule has 2 rings (SSSR count). The van der Waals surface area contributed by atoms with Crippen LogP contribution in [0.15, 0.2) is 0 Å². The van der Waals surface area contributed by atoms with Crippen LogP contribution >= 0.6 is 23.7 Å². The van der Waals surface area contributed by atoms with Gasteiger partial charge in [0.1, 0.15) is 0 Å². The summed E-state index contributed by atoms with van der Waals surface area (Å²) in [5, 5.41) is 1.17. The van der Waals surface area contributed by atoms with E-state index in [1.54, 1.807) is 0 Å². The summed E-state index contributed by atoms with van der Waals surface area (Å²) in [6.07, 6.45) is 2.55. The lowest BCUT2D eigenvalue weighted by Gasteiger charge is -2.22. The number of nitrogens with zero attached hydrogens (tertiary/aromatic N) is 2. The summed E-state index contributed by atoms with van der Waals surface area (Å²) < 4.78 is 0. The molecule has 1 aliphatic rings. The first kappa shape index (κ1) is 13.9. The predicted molar refractivity (Wildman–Crippen MR) is 71.3 cm³/mol. The van der Waals surface area contributed by atoms with Gasteiger partial charge in [0.05, 0.1) is 10.7 Å². The third-order valence-electron chi connectivity index (χ3n) is 3.12. The lowest BCUT2D eigenvalue weighted by Crippen LogP contribution is -2.34. The van der Waals surface area contributed by atoms with E-state index in [0.717, 1.165) is 13.1 Å². The van der Waals surface area contributed by atoms with Crippen LogP contribution in [0.4, 0.5) is 0 Å². The van der Waals surface area contributed by atoms with Crippen molar-refractivity contribution < 1.29 is 0 Å². The highest BCUT2D eigenvalue weighted by molar-refractivity contribution is 7.11. The van der Waals surface area contributed by atoms with Crippen molar-refractivity contribution in [2.45, 2.75) is 39.3 Å². The van der Waals surface area contributed by atoms with Gasteiger partial charge in [0.2, 0.25) is 0 Å². The fourth-order valence-electron chi connectivity index (χ4n) is 2.27. The molecule has 1 unspecified atom stereocenters. The number of likely N-dealkylation sites (tertiary alicyclic amines) is 1. The van der Waals surface area contributed by atoms with E-state index in [2.05, 4.69) is 23.7 Å². The highest BCUT2D eigenvalue weighted by atomic mass is 35.5. The van der Waals surface area contributed by atoms with Crippen molar-refractivity contribution in [3.05, 3.63) is 15.6 Å². The van der Waals surface area contributed by atoms with Crippen LogP contribution < -0.4 is 5.73 Å². The zero-order valence-electron chi connectivity index (χ0n) is 9.90. The normalized spacial score (nSPS) is 21.1. The standard InChI is InChI=1S/C11H19N3S.ClH/c1-8-11(15-9(2)13-8)7-14-5-3-4-10(14)6-12;/h10H,3-7,12H2,1-2H3;1H. The molecular formula is C11H20ClN3S. The van der Waals surface area contributed by atoms with Crippen molar-refractivity contribution in [1.82, 2.24) is 9.88 Å². The van der Waals surface area contributed by atoms with Gasteiger partial charge in [-0.05, 0) is 33.2 Å². The van der Waals surface area contributed by atoms with Crippen LogP contribution in [0.2, 0.25) is 0 Å². The van der Waals surface area contributed by atoms with Crippen LogP contribution in [-0.2, 0) is 6.54 Å². The Labute approximate surface area is 107 Å². The topological polar surface area (TPSA) is 42.2 Å². The maximum absolute atomic E-state index is 5.77. The zero-order chi connectivity index (χ0) is 10.8. The Morgan fingerprint density at radius 3 is 2.81 bits per heavy atom. The quantitative estimate of drug-likeness (QED) is 0.906. The Bertz CT molecular complexity index is 340. The molecule has 2 N–H and O–H groups in total. The van der Waals surface area contributed by atoms with E-state index < -0.39 is 0 Å². The van der Waals surface area contributed by atoms with Gasteiger partial charge in [0.25, 0.3) is 0 Å².